The Kier molecular flexibility index (Phi) is 5.31. The van der Waals surface area contributed by atoms with Gasteiger partial charge in [-0.3, -0.25) is 0 Å². The first-order valence-electron chi connectivity index (χ1n) is 25.7. The van der Waals surface area contributed by atoms with Crippen molar-refractivity contribution in [2.45, 2.75) is 5.41 Å². The van der Waals surface area contributed by atoms with Gasteiger partial charge in [0, 0.05) is 27.7 Å². The highest BCUT2D eigenvalue weighted by molar-refractivity contribution is 6.14. The number of para-hydroxylation sites is 2. The molecule has 2 nitrogen and oxygen atoms in total. The summed E-state index contributed by atoms with van der Waals surface area (Å²) in [4.78, 5) is 1.76. The standard InChI is InChI=1S/C59H37NO/c1-2-15-40-36-41(29-28-38(40)14-1)39-30-32-42(33-31-39)60(55-25-11-6-19-48(55)49-21-13-27-57-58(49)50-20-7-12-26-56(50)61-57)43-34-35-47-46-18-5-10-24-53(46)59(54(47)37-43)51-22-8-3-16-44(51)45-17-4-9-23-52(45)59/h1-37H/i1D,2D,14D,15D,28D,29D,30D,31D,32D,33D,36D. The zero-order valence-corrected chi connectivity index (χ0v) is 32.4. The number of fused-ring (bicyclic) bond motifs is 14. The first kappa shape index (κ1) is 24.9. The van der Waals surface area contributed by atoms with Crippen LogP contribution in [0.3, 0.4) is 0 Å². The quantitative estimate of drug-likeness (QED) is 0.173. The Morgan fingerprint density at radius 1 is 0.410 bits per heavy atom. The van der Waals surface area contributed by atoms with Crippen LogP contribution in [0.1, 0.15) is 37.3 Å². The van der Waals surface area contributed by atoms with Crippen molar-refractivity contribution in [3.63, 3.8) is 0 Å². The summed E-state index contributed by atoms with van der Waals surface area (Å²) in [5.41, 5.74) is 10.8. The predicted molar refractivity (Wildman–Crippen MR) is 253 cm³/mol. The highest BCUT2D eigenvalue weighted by Gasteiger charge is 2.51. The fraction of sp³-hybridized carbons (Fsp3) is 0.0169. The summed E-state index contributed by atoms with van der Waals surface area (Å²) in [6.07, 6.45) is 0. The van der Waals surface area contributed by atoms with E-state index in [9.17, 15) is 6.85 Å². The van der Waals surface area contributed by atoms with Crippen molar-refractivity contribution < 1.29 is 19.5 Å². The number of hydrogen-bond acceptors (Lipinski definition) is 2. The molecule has 61 heavy (non-hydrogen) atoms. The van der Waals surface area contributed by atoms with Gasteiger partial charge in [0.2, 0.25) is 0 Å². The fourth-order valence-electron chi connectivity index (χ4n) is 9.95. The zero-order chi connectivity index (χ0) is 49.6. The Morgan fingerprint density at radius 3 is 1.72 bits per heavy atom. The van der Waals surface area contributed by atoms with Crippen molar-refractivity contribution in [3.8, 4) is 44.5 Å². The molecule has 0 N–H and O–H groups in total. The molecule has 0 bridgehead atoms. The Balaban J connectivity index is 1.12. The van der Waals surface area contributed by atoms with E-state index < -0.39 is 83.0 Å². The van der Waals surface area contributed by atoms with E-state index in [-0.39, 0.29) is 16.5 Å². The summed E-state index contributed by atoms with van der Waals surface area (Å²) in [6.45, 7) is 0. The van der Waals surface area contributed by atoms with Gasteiger partial charge in [-0.25, -0.2) is 0 Å². The molecule has 13 rings (SSSR count). The summed E-state index contributed by atoms with van der Waals surface area (Å²) in [6, 6.07) is 46.1. The van der Waals surface area contributed by atoms with Crippen molar-refractivity contribution in [1.82, 2.24) is 0 Å². The largest absolute Gasteiger partial charge is 0.456 e. The van der Waals surface area contributed by atoms with Gasteiger partial charge in [0.25, 0.3) is 0 Å². The predicted octanol–water partition coefficient (Wildman–Crippen LogP) is 15.9. The van der Waals surface area contributed by atoms with Gasteiger partial charge in [0.05, 0.1) is 26.2 Å². The Labute approximate surface area is 369 Å². The van der Waals surface area contributed by atoms with E-state index in [4.69, 9.17) is 12.6 Å². The van der Waals surface area contributed by atoms with Crippen LogP contribution >= 0.6 is 0 Å². The molecule has 2 aliphatic carbocycles. The molecule has 2 aliphatic rings. The van der Waals surface area contributed by atoms with Crippen LogP contribution in [-0.2, 0) is 5.41 Å². The Hall–Kier alpha value is -7.94. The fourth-order valence-corrected chi connectivity index (χ4v) is 9.95. The molecule has 0 amide bonds. The molecule has 1 heterocycles. The SMILES string of the molecule is [2H]c1c([2H])c(N(c2ccc3c(c2)C2(c4ccccc4-c4ccccc42)c2ccccc2-3)c2ccccc2-c2cccc3oc4ccccc4c23)c([2H])c([2H])c1-c1c([2H])c([2H])c2c([2H])c([2H])c([2H])c([2H])c2c1[2H]. The zero-order valence-electron chi connectivity index (χ0n) is 43.4. The third-order valence-electron chi connectivity index (χ3n) is 12.4. The molecule has 0 radical (unpaired) electrons. The average Bonchev–Trinajstić information content (AvgIpc) is 4.04. The van der Waals surface area contributed by atoms with Crippen molar-refractivity contribution in [2.24, 2.45) is 0 Å². The van der Waals surface area contributed by atoms with Gasteiger partial charge in [0.1, 0.15) is 11.2 Å². The van der Waals surface area contributed by atoms with E-state index in [1.54, 1.807) is 4.90 Å². The van der Waals surface area contributed by atoms with E-state index in [1.165, 1.54) is 0 Å². The second-order valence-electron chi connectivity index (χ2n) is 15.5. The monoisotopic (exact) mass is 786 g/mol. The molecule has 284 valence electrons. The van der Waals surface area contributed by atoms with Crippen LogP contribution < -0.4 is 4.90 Å². The van der Waals surface area contributed by atoms with Crippen LogP contribution in [0.2, 0.25) is 0 Å². The summed E-state index contributed by atoms with van der Waals surface area (Å²) in [7, 11) is 0. The molecule has 0 saturated carbocycles. The molecule has 0 saturated heterocycles. The lowest BCUT2D eigenvalue weighted by Crippen LogP contribution is -2.26. The minimum absolute atomic E-state index is 0.117. The number of benzene rings is 10. The van der Waals surface area contributed by atoms with E-state index in [2.05, 4.69) is 78.9 Å². The molecule has 0 fully saturated rings. The molecule has 1 spiro atoms. The van der Waals surface area contributed by atoms with E-state index in [0.717, 1.165) is 60.8 Å². The summed E-state index contributed by atoms with van der Waals surface area (Å²) < 4.78 is 107. The number of hydrogen-bond donors (Lipinski definition) is 0. The number of furan rings is 1. The highest BCUT2D eigenvalue weighted by Crippen LogP contribution is 2.63. The summed E-state index contributed by atoms with van der Waals surface area (Å²) in [5.74, 6) is 0. The molecule has 0 atom stereocenters. The minimum atomic E-state index is -0.769. The van der Waals surface area contributed by atoms with Gasteiger partial charge >= 0.3 is 0 Å². The molecule has 11 aromatic rings. The molecule has 2 heteroatoms. The first-order chi connectivity index (χ1) is 34.9. The molecule has 1 aromatic heterocycles. The van der Waals surface area contributed by atoms with Gasteiger partial charge in [-0.15, -0.1) is 0 Å². The molecular weight excluding hydrogens is 739 g/mol. The smallest absolute Gasteiger partial charge is 0.136 e. The molecule has 0 unspecified atom stereocenters. The lowest BCUT2D eigenvalue weighted by molar-refractivity contribution is 0.669. The second kappa shape index (κ2) is 13.0. The van der Waals surface area contributed by atoms with Crippen LogP contribution in [0.4, 0.5) is 17.1 Å². The third-order valence-corrected chi connectivity index (χ3v) is 12.4. The summed E-state index contributed by atoms with van der Waals surface area (Å²) in [5, 5.41) is 1.06. The van der Waals surface area contributed by atoms with Crippen LogP contribution in [0.15, 0.2) is 229 Å². The van der Waals surface area contributed by atoms with Crippen molar-refractivity contribution in [1.29, 1.82) is 0 Å². The maximum atomic E-state index is 10.0. The van der Waals surface area contributed by atoms with Crippen LogP contribution in [0.25, 0.3) is 77.2 Å². The van der Waals surface area contributed by atoms with Crippen molar-refractivity contribution >= 4 is 49.8 Å². The van der Waals surface area contributed by atoms with Gasteiger partial charge in [-0.05, 0) is 120 Å². The Morgan fingerprint density at radius 2 is 0.984 bits per heavy atom. The average molecular weight is 787 g/mol. The third kappa shape index (κ3) is 4.85. The second-order valence-corrected chi connectivity index (χ2v) is 15.5. The molecular formula is C59H37NO. The van der Waals surface area contributed by atoms with Gasteiger partial charge in [0.15, 0.2) is 0 Å². The maximum Gasteiger partial charge on any atom is 0.136 e. The number of anilines is 3. The molecule has 0 aliphatic heterocycles. The maximum absolute atomic E-state index is 10.0. The van der Waals surface area contributed by atoms with Crippen molar-refractivity contribution in [2.75, 3.05) is 4.90 Å². The minimum Gasteiger partial charge on any atom is -0.456 e. The van der Waals surface area contributed by atoms with Crippen LogP contribution in [0.5, 0.6) is 0 Å². The van der Waals surface area contributed by atoms with E-state index in [0.29, 0.717) is 28.1 Å². The first-order valence-corrected chi connectivity index (χ1v) is 20.2. The number of nitrogens with zero attached hydrogens (tertiary/aromatic N) is 1. The topological polar surface area (TPSA) is 16.4 Å². The van der Waals surface area contributed by atoms with Gasteiger partial charge < -0.3 is 9.32 Å². The molecule has 10 aromatic carbocycles. The lowest BCUT2D eigenvalue weighted by atomic mass is 9.70. The highest BCUT2D eigenvalue weighted by atomic mass is 16.3. The Bertz CT molecular complexity index is 4130. The van der Waals surface area contributed by atoms with Crippen LogP contribution in [-0.4, -0.2) is 0 Å². The normalized spacial score (nSPS) is 15.6. The van der Waals surface area contributed by atoms with Crippen LogP contribution in [0, 0.1) is 0 Å². The number of rotatable bonds is 5. The van der Waals surface area contributed by atoms with Gasteiger partial charge in [-0.1, -0.05) is 176 Å². The van der Waals surface area contributed by atoms with Gasteiger partial charge in [-0.2, -0.15) is 0 Å². The van der Waals surface area contributed by atoms with E-state index in [1.807, 2.05) is 78.9 Å². The van der Waals surface area contributed by atoms with Crippen molar-refractivity contribution in [3.05, 3.63) is 246 Å². The summed E-state index contributed by atoms with van der Waals surface area (Å²) >= 11 is 0. The lowest BCUT2D eigenvalue weighted by Gasteiger charge is -2.32. The van der Waals surface area contributed by atoms with E-state index >= 15 is 0 Å².